The van der Waals surface area contributed by atoms with E-state index in [9.17, 15) is 9.59 Å². The zero-order chi connectivity index (χ0) is 13.2. The number of carboxylic acids is 2. The Morgan fingerprint density at radius 2 is 1.82 bits per heavy atom. The van der Waals surface area contributed by atoms with E-state index in [2.05, 4.69) is 0 Å². The first kappa shape index (κ1) is 13.9. The van der Waals surface area contributed by atoms with Gasteiger partial charge >= 0.3 is 11.9 Å². The minimum atomic E-state index is -1.68. The van der Waals surface area contributed by atoms with Crippen LogP contribution in [0.1, 0.15) is 32.6 Å². The molecule has 1 fully saturated rings. The molecule has 1 aliphatic rings. The van der Waals surface area contributed by atoms with Gasteiger partial charge in [0.15, 0.2) is 5.41 Å². The summed E-state index contributed by atoms with van der Waals surface area (Å²) in [5.74, 6) is -3.05. The second kappa shape index (κ2) is 5.01. The van der Waals surface area contributed by atoms with Crippen LogP contribution >= 0.6 is 0 Å². The third kappa shape index (κ3) is 2.42. The molecule has 0 aromatic heterocycles. The van der Waals surface area contributed by atoms with Crippen LogP contribution in [0.4, 0.5) is 0 Å². The van der Waals surface area contributed by atoms with Crippen LogP contribution in [0.25, 0.3) is 0 Å². The molecule has 17 heavy (non-hydrogen) atoms. The fraction of sp³-hybridized carbons (Fsp3) is 0.818. The Kier molecular flexibility index (Phi) is 4.11. The van der Waals surface area contributed by atoms with E-state index in [0.29, 0.717) is 19.3 Å². The highest BCUT2D eigenvalue weighted by Gasteiger charge is 2.60. The van der Waals surface area contributed by atoms with Crippen LogP contribution in [0.3, 0.4) is 0 Å². The molecule has 0 aliphatic heterocycles. The molecule has 0 aromatic carbocycles. The lowest BCUT2D eigenvalue weighted by atomic mass is 9.57. The molecule has 98 valence electrons. The van der Waals surface area contributed by atoms with Crippen molar-refractivity contribution in [3.63, 3.8) is 0 Å². The molecule has 6 N–H and O–H groups in total. The summed E-state index contributed by atoms with van der Waals surface area (Å²) in [5.41, 5.74) is 9.81. The maximum atomic E-state index is 11.1. The summed E-state index contributed by atoms with van der Waals surface area (Å²) in [6.45, 7) is 1.84. The lowest BCUT2D eigenvalue weighted by Gasteiger charge is -2.45. The molecule has 1 saturated carbocycles. The first-order chi connectivity index (χ1) is 7.82. The minimum absolute atomic E-state index is 0.00909. The van der Waals surface area contributed by atoms with Crippen LogP contribution in [0, 0.1) is 11.3 Å². The fourth-order valence-electron chi connectivity index (χ4n) is 2.46. The average Bonchev–Trinajstić information content (AvgIpc) is 2.12. The van der Waals surface area contributed by atoms with Gasteiger partial charge in [0.1, 0.15) is 0 Å². The molecule has 0 saturated heterocycles. The maximum absolute atomic E-state index is 11.1. The molecule has 0 amide bonds. The van der Waals surface area contributed by atoms with Crippen LogP contribution in [0.5, 0.6) is 0 Å². The summed E-state index contributed by atoms with van der Waals surface area (Å²) < 4.78 is 0. The van der Waals surface area contributed by atoms with E-state index < -0.39 is 29.3 Å². The van der Waals surface area contributed by atoms with E-state index in [1.54, 1.807) is 0 Å². The van der Waals surface area contributed by atoms with Crippen molar-refractivity contribution in [1.82, 2.24) is 0 Å². The van der Waals surface area contributed by atoms with Gasteiger partial charge in [-0.15, -0.1) is 0 Å². The van der Waals surface area contributed by atoms with Gasteiger partial charge in [0.2, 0.25) is 0 Å². The maximum Gasteiger partial charge on any atom is 0.321 e. The molecule has 0 aromatic rings. The molecule has 3 unspecified atom stereocenters. The smallest absolute Gasteiger partial charge is 0.321 e. The molecule has 0 radical (unpaired) electrons. The van der Waals surface area contributed by atoms with Crippen LogP contribution < -0.4 is 11.5 Å². The molecule has 6 heteroatoms. The number of rotatable bonds is 6. The molecule has 0 heterocycles. The highest BCUT2D eigenvalue weighted by molar-refractivity contribution is 5.99. The zero-order valence-electron chi connectivity index (χ0n) is 9.93. The second-order valence-corrected chi connectivity index (χ2v) is 4.95. The number of carboxylic acid groups (broad SMARTS) is 2. The van der Waals surface area contributed by atoms with Gasteiger partial charge in [0.05, 0.1) is 0 Å². The highest BCUT2D eigenvalue weighted by Crippen LogP contribution is 2.49. The van der Waals surface area contributed by atoms with Crippen LogP contribution in [-0.4, -0.2) is 34.2 Å². The van der Waals surface area contributed by atoms with Crippen molar-refractivity contribution in [2.45, 2.75) is 44.7 Å². The van der Waals surface area contributed by atoms with Crippen LogP contribution in [0.15, 0.2) is 0 Å². The first-order valence-corrected chi connectivity index (χ1v) is 5.80. The number of carbonyl (C=O) groups is 2. The largest absolute Gasteiger partial charge is 0.480 e. The van der Waals surface area contributed by atoms with E-state index >= 15 is 0 Å². The number of hydrogen-bond donors (Lipinski definition) is 4. The monoisotopic (exact) mass is 244 g/mol. The lowest BCUT2D eigenvalue weighted by Crippen LogP contribution is -2.58. The topological polar surface area (TPSA) is 127 Å². The Hall–Kier alpha value is -1.14. The molecule has 1 aliphatic carbocycles. The predicted molar refractivity (Wildman–Crippen MR) is 61.3 cm³/mol. The van der Waals surface area contributed by atoms with Crippen molar-refractivity contribution < 1.29 is 19.8 Å². The Morgan fingerprint density at radius 3 is 2.12 bits per heavy atom. The summed E-state index contributed by atoms with van der Waals surface area (Å²) in [7, 11) is 0. The Balaban J connectivity index is 2.71. The molecule has 3 atom stereocenters. The summed E-state index contributed by atoms with van der Waals surface area (Å²) in [5, 5.41) is 18.2. The van der Waals surface area contributed by atoms with E-state index in [1.807, 2.05) is 6.92 Å². The summed E-state index contributed by atoms with van der Waals surface area (Å²) >= 11 is 0. The lowest BCUT2D eigenvalue weighted by molar-refractivity contribution is -0.180. The summed E-state index contributed by atoms with van der Waals surface area (Å²) in [6.07, 6.45) is 1.95. The standard InChI is InChI=1S/C11H20N2O4/c1-6(12)2-3-8(13)7-4-5-11(7,9(14)15)10(16)17/h6-8H,2-5,12-13H2,1H3,(H,14,15)(H,16,17). The summed E-state index contributed by atoms with van der Waals surface area (Å²) in [6, 6.07) is -0.424. The second-order valence-electron chi connectivity index (χ2n) is 4.95. The van der Waals surface area contributed by atoms with Crippen molar-refractivity contribution in [3.8, 4) is 0 Å². The fourth-order valence-corrected chi connectivity index (χ4v) is 2.46. The Morgan fingerprint density at radius 1 is 1.29 bits per heavy atom. The van der Waals surface area contributed by atoms with Crippen LogP contribution in [-0.2, 0) is 9.59 Å². The van der Waals surface area contributed by atoms with Crippen LogP contribution in [0.2, 0.25) is 0 Å². The first-order valence-electron chi connectivity index (χ1n) is 5.80. The van der Waals surface area contributed by atoms with Crippen molar-refractivity contribution in [2.24, 2.45) is 22.8 Å². The quantitative estimate of drug-likeness (QED) is 0.487. The van der Waals surface area contributed by atoms with E-state index in [1.165, 1.54) is 0 Å². The Labute approximate surface area is 100.0 Å². The molecule has 0 spiro atoms. The van der Waals surface area contributed by atoms with Gasteiger partial charge in [-0.1, -0.05) is 0 Å². The van der Waals surface area contributed by atoms with Crippen molar-refractivity contribution in [1.29, 1.82) is 0 Å². The van der Waals surface area contributed by atoms with Crippen molar-refractivity contribution in [3.05, 3.63) is 0 Å². The van der Waals surface area contributed by atoms with E-state index in [0.717, 1.165) is 0 Å². The van der Waals surface area contributed by atoms with Gasteiger partial charge in [0, 0.05) is 18.0 Å². The van der Waals surface area contributed by atoms with E-state index in [-0.39, 0.29) is 12.5 Å². The zero-order valence-corrected chi connectivity index (χ0v) is 9.93. The van der Waals surface area contributed by atoms with Gasteiger partial charge in [-0.2, -0.15) is 0 Å². The molecule has 1 rings (SSSR count). The number of nitrogens with two attached hydrogens (primary N) is 2. The van der Waals surface area contributed by atoms with Gasteiger partial charge < -0.3 is 21.7 Å². The highest BCUT2D eigenvalue weighted by atomic mass is 16.4. The average molecular weight is 244 g/mol. The van der Waals surface area contributed by atoms with Gasteiger partial charge in [-0.25, -0.2) is 0 Å². The number of aliphatic carboxylic acids is 2. The summed E-state index contributed by atoms with van der Waals surface area (Å²) in [4.78, 5) is 22.3. The molecular formula is C11H20N2O4. The molecular weight excluding hydrogens is 224 g/mol. The Bertz CT molecular complexity index is 303. The molecule has 6 nitrogen and oxygen atoms in total. The van der Waals surface area contributed by atoms with Gasteiger partial charge in [0.25, 0.3) is 0 Å². The minimum Gasteiger partial charge on any atom is -0.480 e. The van der Waals surface area contributed by atoms with Gasteiger partial charge in [-0.3, -0.25) is 9.59 Å². The van der Waals surface area contributed by atoms with Crippen molar-refractivity contribution >= 4 is 11.9 Å². The molecule has 0 bridgehead atoms. The van der Waals surface area contributed by atoms with Gasteiger partial charge in [-0.05, 0) is 32.6 Å². The predicted octanol–water partition coefficient (Wildman–Crippen LogP) is 0.00670. The third-order valence-electron chi connectivity index (χ3n) is 3.72. The number of hydrogen-bond acceptors (Lipinski definition) is 4. The SMILES string of the molecule is CC(N)CCC(N)C1CCC1(C(=O)O)C(=O)O. The third-order valence-corrected chi connectivity index (χ3v) is 3.72. The van der Waals surface area contributed by atoms with Crippen molar-refractivity contribution in [2.75, 3.05) is 0 Å². The van der Waals surface area contributed by atoms with E-state index in [4.69, 9.17) is 21.7 Å². The normalized spacial score (nSPS) is 25.7.